The van der Waals surface area contributed by atoms with Crippen molar-refractivity contribution in [3.05, 3.63) is 24.3 Å². The van der Waals surface area contributed by atoms with E-state index in [-0.39, 0.29) is 0 Å². The van der Waals surface area contributed by atoms with E-state index in [1.807, 2.05) is 24.3 Å². The summed E-state index contributed by atoms with van der Waals surface area (Å²) in [6.07, 6.45) is 0. The van der Waals surface area contributed by atoms with Crippen molar-refractivity contribution in [3.8, 4) is 11.5 Å². The van der Waals surface area contributed by atoms with Gasteiger partial charge in [0.15, 0.2) is 0 Å². The summed E-state index contributed by atoms with van der Waals surface area (Å²) in [4.78, 5) is 0. The molecule has 13 heavy (non-hydrogen) atoms. The Morgan fingerprint density at radius 3 is 2.00 bits per heavy atom. The highest BCUT2D eigenvalue weighted by atomic mass is 16.5. The van der Waals surface area contributed by atoms with Gasteiger partial charge in [-0.25, -0.2) is 0 Å². The maximum absolute atomic E-state index is 8.31. The summed E-state index contributed by atoms with van der Waals surface area (Å²) >= 11 is 0. The van der Waals surface area contributed by atoms with E-state index in [0.29, 0.717) is 12.5 Å². The molecule has 0 spiro atoms. The van der Waals surface area contributed by atoms with Gasteiger partial charge in [-0.15, -0.1) is 0 Å². The van der Waals surface area contributed by atoms with Crippen LogP contribution in [0.15, 0.2) is 24.3 Å². The number of aliphatic hydroxyl groups is 1. The van der Waals surface area contributed by atoms with Crippen molar-refractivity contribution >= 4 is 0 Å². The average Bonchev–Trinajstić information content (AvgIpc) is 2.03. The molecule has 0 atom stereocenters. The number of hydrogen-bond donors (Lipinski definition) is 1. The second kappa shape index (κ2) is 3.77. The molecule has 1 aromatic carbocycles. The van der Waals surface area contributed by atoms with E-state index < -0.39 is 0 Å². The predicted octanol–water partition coefficient (Wildman–Crippen LogP) is 1.42. The Balaban J connectivity index is 0.000000102. The lowest BCUT2D eigenvalue weighted by atomic mass is 10.1. The Bertz CT molecular complexity index is 254. The fourth-order valence-electron chi connectivity index (χ4n) is 1.07. The predicted molar refractivity (Wildman–Crippen MR) is 47.9 cm³/mol. The summed E-state index contributed by atoms with van der Waals surface area (Å²) in [5, 5.41) is 8.31. The second-order valence-corrected chi connectivity index (χ2v) is 3.16. The molecule has 3 aliphatic rings. The Morgan fingerprint density at radius 1 is 1.31 bits per heavy atom. The summed E-state index contributed by atoms with van der Waals surface area (Å²) in [5.41, 5.74) is 0. The van der Waals surface area contributed by atoms with E-state index in [4.69, 9.17) is 14.6 Å². The molecule has 3 heteroatoms. The van der Waals surface area contributed by atoms with Crippen molar-refractivity contribution in [1.82, 2.24) is 0 Å². The summed E-state index contributed by atoms with van der Waals surface area (Å²) < 4.78 is 9.78. The number of fused-ring (bicyclic) bond motifs is 2. The van der Waals surface area contributed by atoms with Gasteiger partial charge in [0.05, 0.1) is 19.8 Å². The largest absolute Gasteiger partial charge is 0.457 e. The molecule has 0 aromatic heterocycles. The lowest BCUT2D eigenvalue weighted by Crippen LogP contribution is -2.30. The van der Waals surface area contributed by atoms with Crippen LogP contribution in [0.5, 0.6) is 11.5 Å². The molecular weight excluding hydrogens is 168 g/mol. The van der Waals surface area contributed by atoms with Gasteiger partial charge >= 0.3 is 0 Å². The highest BCUT2D eigenvalue weighted by Crippen LogP contribution is 2.32. The van der Waals surface area contributed by atoms with E-state index in [1.165, 1.54) is 0 Å². The van der Waals surface area contributed by atoms with E-state index in [2.05, 4.69) is 0 Å². The van der Waals surface area contributed by atoms with Gasteiger partial charge in [-0.05, 0) is 12.1 Å². The zero-order valence-corrected chi connectivity index (χ0v) is 7.27. The number of hydrogen-bond acceptors (Lipinski definition) is 3. The fraction of sp³-hybridized carbons (Fsp3) is 0.400. The first-order chi connectivity index (χ1) is 6.38. The van der Waals surface area contributed by atoms with Crippen molar-refractivity contribution in [2.75, 3.05) is 19.8 Å². The van der Waals surface area contributed by atoms with Crippen LogP contribution in [0, 0.1) is 5.92 Å². The molecule has 70 valence electrons. The Labute approximate surface area is 76.9 Å². The van der Waals surface area contributed by atoms with Crippen molar-refractivity contribution in [2.24, 2.45) is 5.92 Å². The SMILES string of the molecule is OCC1COC1.c1cc2cc(c1)O2. The highest BCUT2D eigenvalue weighted by Gasteiger charge is 2.15. The normalized spacial score (nSPS) is 17.3. The topological polar surface area (TPSA) is 38.7 Å². The monoisotopic (exact) mass is 180 g/mol. The molecule has 4 rings (SSSR count). The third-order valence-electron chi connectivity index (χ3n) is 2.01. The van der Waals surface area contributed by atoms with Crippen LogP contribution in [0.3, 0.4) is 0 Å². The van der Waals surface area contributed by atoms with Crippen LogP contribution in [-0.4, -0.2) is 24.9 Å². The molecule has 3 nitrogen and oxygen atoms in total. The van der Waals surface area contributed by atoms with Crippen molar-refractivity contribution in [3.63, 3.8) is 0 Å². The quantitative estimate of drug-likeness (QED) is 0.721. The van der Waals surface area contributed by atoms with E-state index in [9.17, 15) is 0 Å². The average molecular weight is 180 g/mol. The van der Waals surface area contributed by atoms with Gasteiger partial charge in [0.1, 0.15) is 11.5 Å². The van der Waals surface area contributed by atoms with Gasteiger partial charge in [0.2, 0.25) is 0 Å². The van der Waals surface area contributed by atoms with Crippen molar-refractivity contribution in [2.45, 2.75) is 0 Å². The molecular formula is C10H12O3. The van der Waals surface area contributed by atoms with Gasteiger partial charge in [-0.1, -0.05) is 6.07 Å². The minimum Gasteiger partial charge on any atom is -0.457 e. The molecule has 1 saturated heterocycles. The smallest absolute Gasteiger partial charge is 0.131 e. The molecule has 0 saturated carbocycles. The number of ether oxygens (including phenoxy) is 2. The molecule has 0 aliphatic carbocycles. The number of benzene rings is 1. The Morgan fingerprint density at radius 2 is 1.92 bits per heavy atom. The zero-order valence-electron chi connectivity index (χ0n) is 7.27. The standard InChI is InChI=1S/C6H4O.C4H8O2/c1-2-5-4-6(3-1)7-5;5-1-4-2-6-3-4/h1-4H;4-5H,1-3H2. The maximum atomic E-state index is 8.31. The van der Waals surface area contributed by atoms with Crippen molar-refractivity contribution in [1.29, 1.82) is 0 Å². The fourth-order valence-corrected chi connectivity index (χ4v) is 1.07. The molecule has 0 radical (unpaired) electrons. The van der Waals surface area contributed by atoms with Gasteiger partial charge in [-0.3, -0.25) is 0 Å². The molecule has 3 aliphatic heterocycles. The molecule has 1 N–H and O–H groups in total. The van der Waals surface area contributed by atoms with Crippen LogP contribution >= 0.6 is 0 Å². The lowest BCUT2D eigenvalue weighted by molar-refractivity contribution is -0.0554. The van der Waals surface area contributed by atoms with Gasteiger partial charge in [0.25, 0.3) is 0 Å². The van der Waals surface area contributed by atoms with Crippen LogP contribution in [0.25, 0.3) is 0 Å². The van der Waals surface area contributed by atoms with Crippen LogP contribution in [0.4, 0.5) is 0 Å². The zero-order chi connectivity index (χ0) is 9.10. The Kier molecular flexibility index (Phi) is 2.47. The van der Waals surface area contributed by atoms with Gasteiger partial charge in [-0.2, -0.15) is 0 Å². The van der Waals surface area contributed by atoms with Crippen LogP contribution in [0.1, 0.15) is 0 Å². The molecule has 1 aromatic rings. The third kappa shape index (κ3) is 1.99. The summed E-state index contributed by atoms with van der Waals surface area (Å²) in [7, 11) is 0. The van der Waals surface area contributed by atoms with Crippen LogP contribution < -0.4 is 4.74 Å². The van der Waals surface area contributed by atoms with Crippen LogP contribution in [-0.2, 0) is 4.74 Å². The van der Waals surface area contributed by atoms with Crippen LogP contribution in [0.2, 0.25) is 0 Å². The minimum atomic E-state index is 0.292. The number of aliphatic hydroxyl groups excluding tert-OH is 1. The molecule has 3 heterocycles. The number of rotatable bonds is 1. The lowest BCUT2D eigenvalue weighted by Gasteiger charge is -2.22. The van der Waals surface area contributed by atoms with E-state index in [1.54, 1.807) is 0 Å². The minimum absolute atomic E-state index is 0.292. The summed E-state index contributed by atoms with van der Waals surface area (Å²) in [5.74, 6) is 2.42. The third-order valence-corrected chi connectivity index (χ3v) is 2.01. The highest BCUT2D eigenvalue weighted by molar-refractivity contribution is 5.43. The maximum Gasteiger partial charge on any atom is 0.131 e. The summed E-state index contributed by atoms with van der Waals surface area (Å²) in [6, 6.07) is 7.86. The second-order valence-electron chi connectivity index (χ2n) is 3.16. The summed E-state index contributed by atoms with van der Waals surface area (Å²) in [6.45, 7) is 1.81. The molecule has 1 fully saturated rings. The van der Waals surface area contributed by atoms with E-state index in [0.717, 1.165) is 24.7 Å². The van der Waals surface area contributed by atoms with E-state index >= 15 is 0 Å². The van der Waals surface area contributed by atoms with Gasteiger partial charge < -0.3 is 14.6 Å². The van der Waals surface area contributed by atoms with Crippen molar-refractivity contribution < 1.29 is 14.6 Å². The first-order valence-corrected chi connectivity index (χ1v) is 4.35. The molecule has 2 bridgehead atoms. The molecule has 0 amide bonds. The first kappa shape index (κ1) is 8.53. The van der Waals surface area contributed by atoms with Gasteiger partial charge in [0, 0.05) is 12.0 Å². The first-order valence-electron chi connectivity index (χ1n) is 4.35. The Hall–Kier alpha value is -1.06. The molecule has 0 unspecified atom stereocenters.